The fourth-order valence-electron chi connectivity index (χ4n) is 2.13. The van der Waals surface area contributed by atoms with E-state index in [4.69, 9.17) is 5.73 Å². The van der Waals surface area contributed by atoms with Gasteiger partial charge in [0.05, 0.1) is 5.69 Å². The van der Waals surface area contributed by atoms with Crippen molar-refractivity contribution < 1.29 is 0 Å². The molecule has 2 atom stereocenters. The van der Waals surface area contributed by atoms with Crippen LogP contribution in [0.1, 0.15) is 24.1 Å². The quantitative estimate of drug-likeness (QED) is 0.664. The van der Waals surface area contributed by atoms with E-state index in [-0.39, 0.29) is 0 Å². The Balaban J connectivity index is 2.38. The SMILES string of the molecule is CC1Cc2nn(C)cc2C1CN. The van der Waals surface area contributed by atoms with Gasteiger partial charge in [0, 0.05) is 19.2 Å². The number of aryl methyl sites for hydroxylation is 1. The van der Waals surface area contributed by atoms with Gasteiger partial charge in [0.1, 0.15) is 0 Å². The van der Waals surface area contributed by atoms with E-state index in [2.05, 4.69) is 18.2 Å². The summed E-state index contributed by atoms with van der Waals surface area (Å²) >= 11 is 0. The highest BCUT2D eigenvalue weighted by molar-refractivity contribution is 5.29. The van der Waals surface area contributed by atoms with Crippen LogP contribution in [-0.4, -0.2) is 16.3 Å². The van der Waals surface area contributed by atoms with Crippen LogP contribution >= 0.6 is 0 Å². The molecule has 3 heteroatoms. The van der Waals surface area contributed by atoms with E-state index in [9.17, 15) is 0 Å². The molecule has 1 aromatic rings. The zero-order chi connectivity index (χ0) is 8.72. The Bertz CT molecular complexity index is 290. The van der Waals surface area contributed by atoms with Crippen molar-refractivity contribution in [2.75, 3.05) is 6.54 Å². The Morgan fingerprint density at radius 1 is 1.75 bits per heavy atom. The molecule has 1 aromatic heterocycles. The van der Waals surface area contributed by atoms with Crippen LogP contribution in [-0.2, 0) is 13.5 Å². The lowest BCUT2D eigenvalue weighted by Gasteiger charge is -2.12. The maximum absolute atomic E-state index is 5.71. The lowest BCUT2D eigenvalue weighted by molar-refractivity contribution is 0.496. The van der Waals surface area contributed by atoms with Gasteiger partial charge in [-0.25, -0.2) is 0 Å². The third kappa shape index (κ3) is 0.966. The Morgan fingerprint density at radius 2 is 2.50 bits per heavy atom. The van der Waals surface area contributed by atoms with Crippen LogP contribution in [0.15, 0.2) is 6.20 Å². The predicted octanol–water partition coefficient (Wildman–Crippen LogP) is 0.655. The lowest BCUT2D eigenvalue weighted by atomic mass is 9.95. The first kappa shape index (κ1) is 7.80. The smallest absolute Gasteiger partial charge is 0.0662 e. The molecular formula is C9H15N3. The van der Waals surface area contributed by atoms with Gasteiger partial charge in [-0.05, 0) is 24.4 Å². The molecule has 2 unspecified atom stereocenters. The highest BCUT2D eigenvalue weighted by atomic mass is 15.3. The topological polar surface area (TPSA) is 43.8 Å². The zero-order valence-corrected chi connectivity index (χ0v) is 7.62. The van der Waals surface area contributed by atoms with Crippen LogP contribution in [0, 0.1) is 5.92 Å². The molecule has 0 saturated heterocycles. The van der Waals surface area contributed by atoms with E-state index in [1.54, 1.807) is 0 Å². The third-order valence-electron chi connectivity index (χ3n) is 2.79. The van der Waals surface area contributed by atoms with Gasteiger partial charge in [-0.2, -0.15) is 5.10 Å². The molecule has 2 N–H and O–H groups in total. The molecule has 0 fully saturated rings. The van der Waals surface area contributed by atoms with Gasteiger partial charge in [-0.15, -0.1) is 0 Å². The van der Waals surface area contributed by atoms with Crippen molar-refractivity contribution in [3.8, 4) is 0 Å². The molecule has 12 heavy (non-hydrogen) atoms. The minimum atomic E-state index is 0.536. The zero-order valence-electron chi connectivity index (χ0n) is 7.62. The van der Waals surface area contributed by atoms with Crippen molar-refractivity contribution in [3.63, 3.8) is 0 Å². The van der Waals surface area contributed by atoms with Crippen LogP contribution in [0.4, 0.5) is 0 Å². The van der Waals surface area contributed by atoms with Gasteiger partial charge in [0.15, 0.2) is 0 Å². The van der Waals surface area contributed by atoms with Gasteiger partial charge in [0.2, 0.25) is 0 Å². The third-order valence-corrected chi connectivity index (χ3v) is 2.79. The number of nitrogens with zero attached hydrogens (tertiary/aromatic N) is 2. The Labute approximate surface area is 72.6 Å². The average molecular weight is 165 g/mol. The molecule has 3 nitrogen and oxygen atoms in total. The lowest BCUT2D eigenvalue weighted by Crippen LogP contribution is -2.15. The number of hydrogen-bond donors (Lipinski definition) is 1. The fourth-order valence-corrected chi connectivity index (χ4v) is 2.13. The van der Waals surface area contributed by atoms with Crippen LogP contribution in [0.5, 0.6) is 0 Å². The molecule has 1 aliphatic carbocycles. The summed E-state index contributed by atoms with van der Waals surface area (Å²) in [5.74, 6) is 1.21. The van der Waals surface area contributed by atoms with E-state index < -0.39 is 0 Å². The highest BCUT2D eigenvalue weighted by Gasteiger charge is 2.30. The fraction of sp³-hybridized carbons (Fsp3) is 0.667. The molecule has 1 heterocycles. The number of hydrogen-bond acceptors (Lipinski definition) is 2. The maximum atomic E-state index is 5.71. The van der Waals surface area contributed by atoms with Crippen LogP contribution in [0.2, 0.25) is 0 Å². The minimum Gasteiger partial charge on any atom is -0.330 e. The summed E-state index contributed by atoms with van der Waals surface area (Å²) in [6.07, 6.45) is 3.20. The van der Waals surface area contributed by atoms with Crippen molar-refractivity contribution in [1.29, 1.82) is 0 Å². The van der Waals surface area contributed by atoms with E-state index in [1.807, 2.05) is 11.7 Å². The monoisotopic (exact) mass is 165 g/mol. The second kappa shape index (κ2) is 2.59. The van der Waals surface area contributed by atoms with Crippen molar-refractivity contribution in [1.82, 2.24) is 9.78 Å². The molecule has 0 bridgehead atoms. The molecule has 0 saturated carbocycles. The largest absolute Gasteiger partial charge is 0.330 e. The minimum absolute atomic E-state index is 0.536. The van der Waals surface area contributed by atoms with Gasteiger partial charge in [-0.1, -0.05) is 6.92 Å². The molecule has 2 rings (SSSR count). The van der Waals surface area contributed by atoms with Crippen molar-refractivity contribution >= 4 is 0 Å². The summed E-state index contributed by atoms with van der Waals surface area (Å²) in [6.45, 7) is 3.00. The molecule has 0 aromatic carbocycles. The molecular weight excluding hydrogens is 150 g/mol. The first-order chi connectivity index (χ1) is 5.72. The average Bonchev–Trinajstić information content (AvgIpc) is 2.43. The van der Waals surface area contributed by atoms with Crippen LogP contribution < -0.4 is 5.73 Å². The summed E-state index contributed by atoms with van der Waals surface area (Å²) in [6, 6.07) is 0. The summed E-state index contributed by atoms with van der Waals surface area (Å²) in [5.41, 5.74) is 8.33. The van der Waals surface area contributed by atoms with Gasteiger partial charge in [-0.3, -0.25) is 4.68 Å². The Kier molecular flexibility index (Phi) is 1.68. The summed E-state index contributed by atoms with van der Waals surface area (Å²) in [7, 11) is 1.97. The van der Waals surface area contributed by atoms with E-state index in [1.165, 1.54) is 11.3 Å². The second-order valence-electron chi connectivity index (χ2n) is 3.73. The Hall–Kier alpha value is -0.830. The highest BCUT2D eigenvalue weighted by Crippen LogP contribution is 2.35. The molecule has 66 valence electrons. The summed E-state index contributed by atoms with van der Waals surface area (Å²) < 4.78 is 1.89. The number of rotatable bonds is 1. The van der Waals surface area contributed by atoms with Crippen molar-refractivity contribution in [2.24, 2.45) is 18.7 Å². The first-order valence-electron chi connectivity index (χ1n) is 4.45. The van der Waals surface area contributed by atoms with Crippen molar-refractivity contribution in [3.05, 3.63) is 17.5 Å². The van der Waals surface area contributed by atoms with Crippen LogP contribution in [0.3, 0.4) is 0 Å². The molecule has 1 aliphatic rings. The number of aromatic nitrogens is 2. The second-order valence-corrected chi connectivity index (χ2v) is 3.73. The van der Waals surface area contributed by atoms with Gasteiger partial charge >= 0.3 is 0 Å². The van der Waals surface area contributed by atoms with E-state index in [0.29, 0.717) is 11.8 Å². The normalized spacial score (nSPS) is 27.6. The van der Waals surface area contributed by atoms with Gasteiger partial charge < -0.3 is 5.73 Å². The number of nitrogens with two attached hydrogens (primary N) is 1. The summed E-state index contributed by atoms with van der Waals surface area (Å²) in [4.78, 5) is 0. The molecule has 0 amide bonds. The number of fused-ring (bicyclic) bond motifs is 1. The summed E-state index contributed by atoms with van der Waals surface area (Å²) in [5, 5.41) is 4.40. The Morgan fingerprint density at radius 3 is 3.17 bits per heavy atom. The molecule has 0 aliphatic heterocycles. The first-order valence-corrected chi connectivity index (χ1v) is 4.45. The van der Waals surface area contributed by atoms with Crippen LogP contribution in [0.25, 0.3) is 0 Å². The molecule has 0 radical (unpaired) electrons. The predicted molar refractivity (Wildman–Crippen MR) is 47.9 cm³/mol. The van der Waals surface area contributed by atoms with E-state index in [0.717, 1.165) is 13.0 Å². The van der Waals surface area contributed by atoms with Crippen molar-refractivity contribution in [2.45, 2.75) is 19.3 Å². The van der Waals surface area contributed by atoms with Gasteiger partial charge in [0.25, 0.3) is 0 Å². The maximum Gasteiger partial charge on any atom is 0.0662 e. The standard InChI is InChI=1S/C9H15N3/c1-6-3-9-8(7(6)4-10)5-12(2)11-9/h5-7H,3-4,10H2,1-2H3. The molecule has 0 spiro atoms. The van der Waals surface area contributed by atoms with E-state index >= 15 is 0 Å².